The van der Waals surface area contributed by atoms with Gasteiger partial charge in [-0.25, -0.2) is 14.6 Å². The maximum absolute atomic E-state index is 13.0. The number of anilines is 2. The van der Waals surface area contributed by atoms with Gasteiger partial charge in [0.25, 0.3) is 0 Å². The molecule has 0 atom stereocenters. The zero-order valence-electron chi connectivity index (χ0n) is 34.8. The first-order valence-corrected chi connectivity index (χ1v) is 20.9. The molecule has 19 heteroatoms. The molecule has 0 unspecified atom stereocenters. The third-order valence-corrected chi connectivity index (χ3v) is 10.6. The van der Waals surface area contributed by atoms with Crippen LogP contribution in [-0.4, -0.2) is 153 Å². The summed E-state index contributed by atoms with van der Waals surface area (Å²) in [6.07, 6.45) is 3.73. The van der Waals surface area contributed by atoms with Crippen molar-refractivity contribution in [1.82, 2.24) is 35.3 Å². The molecule has 0 spiro atoms. The zero-order valence-corrected chi connectivity index (χ0v) is 34.8. The Morgan fingerprint density at radius 1 is 0.803 bits per heavy atom. The van der Waals surface area contributed by atoms with Crippen molar-refractivity contribution >= 4 is 34.4 Å². The quantitative estimate of drug-likeness (QED) is 0.0309. The lowest BCUT2D eigenvalue weighted by Gasteiger charge is -2.32. The Hall–Kier alpha value is -4.99. The minimum Gasteiger partial charge on any atom is -0.506 e. The number of nitrogens with zero attached hydrogens (tertiary/aromatic N) is 5. The molecule has 2 aliphatic heterocycles. The summed E-state index contributed by atoms with van der Waals surface area (Å²) in [6, 6.07) is 11.2. The standard InChI is InChI=1S/C42H60N10O9/c43-34-26-32(3-4-35(34)53)38-37-39(44)48-29-49-40(37)52(50-38)27-30-1-2-33-28-51(12-5-31(33)25-30)36(54)6-13-56-15-17-58-19-21-60-23-24-61-22-20-59-18-16-57-14-11-47-41(55)42(45)7-9-46-10-8-42/h1-4,25-26,29,46,53H,5-24,27-28,43,45H2,(H,47,55)(H2,44,48,49). The summed E-state index contributed by atoms with van der Waals surface area (Å²) in [6.45, 7) is 8.68. The number of rotatable bonds is 25. The summed E-state index contributed by atoms with van der Waals surface area (Å²) in [5.41, 5.74) is 23.1. The van der Waals surface area contributed by atoms with Crippen molar-refractivity contribution in [3.63, 3.8) is 0 Å². The Morgan fingerprint density at radius 3 is 2.10 bits per heavy atom. The van der Waals surface area contributed by atoms with Crippen LogP contribution in [0.1, 0.15) is 36.0 Å². The number of aromatic nitrogens is 4. The first-order chi connectivity index (χ1) is 29.7. The van der Waals surface area contributed by atoms with Crippen LogP contribution >= 0.6 is 0 Å². The summed E-state index contributed by atoms with van der Waals surface area (Å²) >= 11 is 0. The maximum Gasteiger partial charge on any atom is 0.240 e. The van der Waals surface area contributed by atoms with E-state index in [0.717, 1.165) is 30.6 Å². The molecule has 9 N–H and O–H groups in total. The van der Waals surface area contributed by atoms with Gasteiger partial charge in [-0.2, -0.15) is 5.10 Å². The Labute approximate surface area is 355 Å². The minimum absolute atomic E-state index is 0.00621. The predicted octanol–water partition coefficient (Wildman–Crippen LogP) is 0.983. The number of fused-ring (bicyclic) bond motifs is 2. The zero-order chi connectivity index (χ0) is 42.9. The van der Waals surface area contributed by atoms with Gasteiger partial charge in [-0.1, -0.05) is 18.2 Å². The van der Waals surface area contributed by atoms with Gasteiger partial charge >= 0.3 is 0 Å². The minimum atomic E-state index is -0.786. The van der Waals surface area contributed by atoms with Gasteiger partial charge in [0.05, 0.1) is 109 Å². The lowest BCUT2D eigenvalue weighted by molar-refractivity contribution is -0.133. The number of amides is 2. The second-order valence-corrected chi connectivity index (χ2v) is 15.0. The van der Waals surface area contributed by atoms with E-state index in [1.807, 2.05) is 11.0 Å². The van der Waals surface area contributed by atoms with E-state index in [0.29, 0.717) is 153 Å². The van der Waals surface area contributed by atoms with Crippen LogP contribution in [-0.2, 0) is 57.5 Å². The predicted molar refractivity (Wildman–Crippen MR) is 227 cm³/mol. The molecular formula is C42H60N10O9. The van der Waals surface area contributed by atoms with E-state index >= 15 is 0 Å². The molecule has 0 bridgehead atoms. The van der Waals surface area contributed by atoms with E-state index in [1.54, 1.807) is 16.8 Å². The summed E-state index contributed by atoms with van der Waals surface area (Å²) in [5, 5.41) is 21.4. The molecule has 2 amide bonds. The maximum atomic E-state index is 13.0. The van der Waals surface area contributed by atoms with E-state index in [9.17, 15) is 14.7 Å². The van der Waals surface area contributed by atoms with Crippen molar-refractivity contribution in [2.45, 2.75) is 44.3 Å². The average Bonchev–Trinajstić information content (AvgIpc) is 3.64. The van der Waals surface area contributed by atoms with Crippen molar-refractivity contribution in [1.29, 1.82) is 0 Å². The van der Waals surface area contributed by atoms with Crippen LogP contribution in [0, 0.1) is 0 Å². The Bertz CT molecular complexity index is 2030. The van der Waals surface area contributed by atoms with Gasteiger partial charge in [-0.15, -0.1) is 0 Å². The molecule has 0 saturated carbocycles. The van der Waals surface area contributed by atoms with Crippen LogP contribution < -0.4 is 27.8 Å². The Balaban J connectivity index is 0.757. The van der Waals surface area contributed by atoms with Crippen LogP contribution in [0.25, 0.3) is 22.3 Å². The summed E-state index contributed by atoms with van der Waals surface area (Å²) in [7, 11) is 0. The number of hydrogen-bond acceptors (Lipinski definition) is 16. The number of carbonyl (C=O) groups is 2. The highest BCUT2D eigenvalue weighted by molar-refractivity contribution is 5.98. The van der Waals surface area contributed by atoms with Crippen LogP contribution in [0.15, 0.2) is 42.7 Å². The third kappa shape index (κ3) is 13.3. The molecule has 4 aromatic rings. The summed E-state index contributed by atoms with van der Waals surface area (Å²) in [4.78, 5) is 35.8. The Morgan fingerprint density at radius 2 is 1.44 bits per heavy atom. The molecular weight excluding hydrogens is 789 g/mol. The van der Waals surface area contributed by atoms with Gasteiger partial charge in [0.15, 0.2) is 5.65 Å². The number of aromatic hydroxyl groups is 1. The van der Waals surface area contributed by atoms with Gasteiger partial charge in [0.2, 0.25) is 11.8 Å². The number of hydrogen-bond donors (Lipinski definition) is 6. The van der Waals surface area contributed by atoms with Gasteiger partial charge in [0.1, 0.15) is 23.6 Å². The van der Waals surface area contributed by atoms with Crippen LogP contribution in [0.3, 0.4) is 0 Å². The van der Waals surface area contributed by atoms with Gasteiger partial charge < -0.3 is 66.3 Å². The fourth-order valence-electron chi connectivity index (χ4n) is 7.17. The van der Waals surface area contributed by atoms with Crippen molar-refractivity contribution in [2.24, 2.45) is 5.73 Å². The molecule has 332 valence electrons. The molecule has 6 rings (SSSR count). The number of nitrogen functional groups attached to an aromatic ring is 2. The first kappa shape index (κ1) is 45.5. The van der Waals surface area contributed by atoms with E-state index in [-0.39, 0.29) is 23.3 Å². The number of nitrogens with one attached hydrogen (secondary N) is 2. The van der Waals surface area contributed by atoms with Crippen LogP contribution in [0.4, 0.5) is 11.5 Å². The normalized spacial score (nSPS) is 14.9. The fourth-order valence-corrected chi connectivity index (χ4v) is 7.17. The van der Waals surface area contributed by atoms with E-state index in [2.05, 4.69) is 32.7 Å². The van der Waals surface area contributed by atoms with E-state index in [1.165, 1.54) is 18.0 Å². The van der Waals surface area contributed by atoms with Crippen molar-refractivity contribution in [3.05, 3.63) is 59.4 Å². The molecule has 2 aromatic heterocycles. The molecule has 61 heavy (non-hydrogen) atoms. The van der Waals surface area contributed by atoms with Crippen LogP contribution in [0.2, 0.25) is 0 Å². The third-order valence-electron chi connectivity index (χ3n) is 10.6. The molecule has 4 heterocycles. The SMILES string of the molecule is Nc1cc(-c2nn(Cc3ccc4c(c3)CCN(C(=O)CCOCCOCCOCCOCCOCCOCCNC(=O)C3(N)CCNCC3)C4)c3ncnc(N)c23)ccc1O. The van der Waals surface area contributed by atoms with Crippen molar-refractivity contribution in [3.8, 4) is 17.0 Å². The topological polar surface area (TPSA) is 259 Å². The molecule has 2 aliphatic rings. The molecule has 0 aliphatic carbocycles. The highest BCUT2D eigenvalue weighted by atomic mass is 16.6. The smallest absolute Gasteiger partial charge is 0.240 e. The lowest BCUT2D eigenvalue weighted by Crippen LogP contribution is -2.59. The molecule has 2 aromatic carbocycles. The Kier molecular flexibility index (Phi) is 17.4. The highest BCUT2D eigenvalue weighted by Gasteiger charge is 2.35. The van der Waals surface area contributed by atoms with E-state index in [4.69, 9.17) is 50.7 Å². The molecule has 1 saturated heterocycles. The molecule has 1 fully saturated rings. The number of ether oxygens (including phenoxy) is 6. The number of phenolic OH excluding ortho intramolecular Hbond substituents is 1. The van der Waals surface area contributed by atoms with Gasteiger partial charge in [0, 0.05) is 25.2 Å². The fraction of sp³-hybridized carbons (Fsp3) is 0.548. The van der Waals surface area contributed by atoms with Gasteiger partial charge in [-0.05, 0) is 67.2 Å². The second-order valence-electron chi connectivity index (χ2n) is 15.0. The number of phenols is 1. The summed E-state index contributed by atoms with van der Waals surface area (Å²) in [5.74, 6) is 0.239. The largest absolute Gasteiger partial charge is 0.506 e. The summed E-state index contributed by atoms with van der Waals surface area (Å²) < 4.78 is 35.1. The second kappa shape index (κ2) is 23.3. The number of benzene rings is 2. The van der Waals surface area contributed by atoms with Gasteiger partial charge in [-0.3, -0.25) is 9.59 Å². The molecule has 0 radical (unpaired) electrons. The number of piperidine rings is 1. The van der Waals surface area contributed by atoms with Crippen molar-refractivity contribution < 1.29 is 43.1 Å². The monoisotopic (exact) mass is 848 g/mol. The number of nitrogens with two attached hydrogens (primary N) is 3. The van der Waals surface area contributed by atoms with E-state index < -0.39 is 5.54 Å². The first-order valence-electron chi connectivity index (χ1n) is 20.9. The average molecular weight is 849 g/mol. The number of carbonyl (C=O) groups excluding carboxylic acids is 2. The van der Waals surface area contributed by atoms with Crippen molar-refractivity contribution in [2.75, 3.05) is 117 Å². The highest BCUT2D eigenvalue weighted by Crippen LogP contribution is 2.34. The van der Waals surface area contributed by atoms with Crippen LogP contribution in [0.5, 0.6) is 5.75 Å². The lowest BCUT2D eigenvalue weighted by atomic mass is 9.88. The molecule has 19 nitrogen and oxygen atoms in total.